The van der Waals surface area contributed by atoms with Crippen molar-refractivity contribution < 1.29 is 0 Å². The van der Waals surface area contributed by atoms with E-state index in [0.29, 0.717) is 0 Å². The van der Waals surface area contributed by atoms with E-state index in [-0.39, 0.29) is 0 Å². The zero-order valence-electron chi connectivity index (χ0n) is 17.8. The van der Waals surface area contributed by atoms with Crippen molar-refractivity contribution in [2.75, 3.05) is 0 Å². The molecule has 0 unspecified atom stereocenters. The van der Waals surface area contributed by atoms with Crippen LogP contribution in [0.15, 0.2) is 97.1 Å². The van der Waals surface area contributed by atoms with Gasteiger partial charge in [-0.1, -0.05) is 109 Å². The van der Waals surface area contributed by atoms with Crippen molar-refractivity contribution in [3.8, 4) is 0 Å². The summed E-state index contributed by atoms with van der Waals surface area (Å²) in [6.07, 6.45) is 6.79. The quantitative estimate of drug-likeness (QED) is 0.259. The lowest BCUT2D eigenvalue weighted by molar-refractivity contribution is 1.32. The second-order valence-corrected chi connectivity index (χ2v) is 8.93. The van der Waals surface area contributed by atoms with Crippen LogP contribution in [0.4, 0.5) is 0 Å². The number of benzene rings is 5. The summed E-state index contributed by atoms with van der Waals surface area (Å²) in [4.78, 5) is 0. The van der Waals surface area contributed by atoms with Crippen molar-refractivity contribution in [2.24, 2.45) is 0 Å². The van der Waals surface area contributed by atoms with E-state index < -0.39 is 0 Å². The Hall–Kier alpha value is -3.90. The van der Waals surface area contributed by atoms with E-state index in [1.54, 1.807) is 0 Å². The van der Waals surface area contributed by atoms with E-state index in [1.807, 2.05) is 0 Å². The van der Waals surface area contributed by atoms with Gasteiger partial charge < -0.3 is 0 Å². The molecule has 2 aliphatic rings. The van der Waals surface area contributed by atoms with Crippen LogP contribution < -0.4 is 0 Å². The number of hydrogen-bond acceptors (Lipinski definition) is 0. The van der Waals surface area contributed by atoms with Crippen molar-refractivity contribution in [3.63, 3.8) is 0 Å². The molecule has 0 spiro atoms. The van der Waals surface area contributed by atoms with Gasteiger partial charge in [0.15, 0.2) is 0 Å². The summed E-state index contributed by atoms with van der Waals surface area (Å²) in [5.41, 5.74) is 11.2. The zero-order valence-corrected chi connectivity index (χ0v) is 17.8. The number of allylic oxidation sites excluding steroid dienone is 2. The van der Waals surface area contributed by atoms with Crippen LogP contribution in [0.1, 0.15) is 33.4 Å². The Labute approximate surface area is 188 Å². The SMILES string of the molecule is C1=C(c2c3ccccc3c(C3=Cc4ccccc4C3)c3ccccc23)Cc2ccccc21. The van der Waals surface area contributed by atoms with Crippen LogP contribution in [0.2, 0.25) is 0 Å². The summed E-state index contributed by atoms with van der Waals surface area (Å²) in [6.45, 7) is 0. The van der Waals surface area contributed by atoms with Crippen molar-refractivity contribution in [3.05, 3.63) is 130 Å². The van der Waals surface area contributed by atoms with Crippen LogP contribution in [0, 0.1) is 0 Å². The molecule has 0 heteroatoms. The normalized spacial score (nSPS) is 14.4. The lowest BCUT2D eigenvalue weighted by Gasteiger charge is -2.18. The molecule has 0 atom stereocenters. The highest BCUT2D eigenvalue weighted by Gasteiger charge is 2.23. The first-order chi connectivity index (χ1) is 15.9. The highest BCUT2D eigenvalue weighted by molar-refractivity contribution is 6.19. The number of hydrogen-bond donors (Lipinski definition) is 0. The minimum absolute atomic E-state index is 0.998. The van der Waals surface area contributed by atoms with Gasteiger partial charge in [-0.3, -0.25) is 0 Å². The summed E-state index contributed by atoms with van der Waals surface area (Å²) in [5, 5.41) is 5.43. The van der Waals surface area contributed by atoms with Gasteiger partial charge >= 0.3 is 0 Å². The molecular weight excluding hydrogens is 384 g/mol. The maximum absolute atomic E-state index is 2.40. The fourth-order valence-electron chi connectivity index (χ4n) is 5.70. The summed E-state index contributed by atoms with van der Waals surface area (Å²) in [6, 6.07) is 35.6. The van der Waals surface area contributed by atoms with E-state index in [4.69, 9.17) is 0 Å². The fraction of sp³-hybridized carbons (Fsp3) is 0.0625. The molecule has 0 N–H and O–H groups in total. The molecule has 150 valence electrons. The molecule has 0 heterocycles. The first-order valence-electron chi connectivity index (χ1n) is 11.4. The Morgan fingerprint density at radius 1 is 0.375 bits per heavy atom. The molecule has 0 nitrogen and oxygen atoms in total. The smallest absolute Gasteiger partial charge is 0.00132 e. The number of fused-ring (bicyclic) bond motifs is 4. The van der Waals surface area contributed by atoms with Gasteiger partial charge in [-0.2, -0.15) is 0 Å². The molecule has 0 amide bonds. The van der Waals surface area contributed by atoms with Crippen LogP contribution in [0.5, 0.6) is 0 Å². The van der Waals surface area contributed by atoms with Crippen molar-refractivity contribution in [1.82, 2.24) is 0 Å². The van der Waals surface area contributed by atoms with Gasteiger partial charge in [0.05, 0.1) is 0 Å². The van der Waals surface area contributed by atoms with Gasteiger partial charge in [-0.05, 0) is 78.9 Å². The van der Waals surface area contributed by atoms with E-state index in [2.05, 4.69) is 109 Å². The summed E-state index contributed by atoms with van der Waals surface area (Å²) < 4.78 is 0. The molecule has 7 rings (SSSR count). The summed E-state index contributed by atoms with van der Waals surface area (Å²) in [5.74, 6) is 0. The molecular formula is C32H22. The second-order valence-electron chi connectivity index (χ2n) is 8.93. The molecule has 0 saturated carbocycles. The Balaban J connectivity index is 1.54. The van der Waals surface area contributed by atoms with E-state index >= 15 is 0 Å². The first-order valence-corrected chi connectivity index (χ1v) is 11.4. The van der Waals surface area contributed by atoms with Gasteiger partial charge in [0.2, 0.25) is 0 Å². The zero-order chi connectivity index (χ0) is 21.1. The Morgan fingerprint density at radius 2 is 0.719 bits per heavy atom. The molecule has 0 saturated heterocycles. The topological polar surface area (TPSA) is 0 Å². The van der Waals surface area contributed by atoms with Gasteiger partial charge in [0.25, 0.3) is 0 Å². The highest BCUT2D eigenvalue weighted by atomic mass is 14.3. The Bertz CT molecular complexity index is 1430. The lowest BCUT2D eigenvalue weighted by atomic mass is 9.85. The molecule has 0 radical (unpaired) electrons. The molecule has 0 aromatic heterocycles. The average molecular weight is 407 g/mol. The van der Waals surface area contributed by atoms with Crippen LogP contribution in [-0.2, 0) is 12.8 Å². The van der Waals surface area contributed by atoms with E-state index in [0.717, 1.165) is 12.8 Å². The van der Waals surface area contributed by atoms with Crippen LogP contribution in [0.3, 0.4) is 0 Å². The van der Waals surface area contributed by atoms with Gasteiger partial charge in [-0.25, -0.2) is 0 Å². The standard InChI is InChI=1S/C32H22/c1-2-10-22-18-25(17-21(22)9-1)31-27-13-5-7-15-29(27)32(30-16-8-6-14-28(30)31)26-19-23-11-3-4-12-24(23)20-26/h1-17,19H,18,20H2. The van der Waals surface area contributed by atoms with Crippen molar-refractivity contribution >= 4 is 44.8 Å². The largest absolute Gasteiger partial charge is 0.0619 e. The third-order valence-electron chi connectivity index (χ3n) is 7.11. The molecule has 0 aliphatic heterocycles. The van der Waals surface area contributed by atoms with E-state index in [1.165, 1.54) is 66.1 Å². The lowest BCUT2D eigenvalue weighted by Crippen LogP contribution is -1.96. The third-order valence-corrected chi connectivity index (χ3v) is 7.11. The Kier molecular flexibility index (Phi) is 3.77. The molecule has 5 aromatic rings. The van der Waals surface area contributed by atoms with Crippen molar-refractivity contribution in [1.29, 1.82) is 0 Å². The number of rotatable bonds is 2. The molecule has 0 bridgehead atoms. The average Bonchev–Trinajstić information content (AvgIpc) is 3.46. The van der Waals surface area contributed by atoms with Gasteiger partial charge in [-0.15, -0.1) is 0 Å². The van der Waals surface area contributed by atoms with Gasteiger partial charge in [0, 0.05) is 0 Å². The molecule has 5 aromatic carbocycles. The van der Waals surface area contributed by atoms with Crippen LogP contribution in [0.25, 0.3) is 44.8 Å². The van der Waals surface area contributed by atoms with Gasteiger partial charge in [0.1, 0.15) is 0 Å². The minimum atomic E-state index is 0.998. The minimum Gasteiger partial charge on any atom is -0.0619 e. The Morgan fingerprint density at radius 3 is 1.09 bits per heavy atom. The third kappa shape index (κ3) is 2.56. The predicted octanol–water partition coefficient (Wildman–Crippen LogP) is 8.19. The van der Waals surface area contributed by atoms with E-state index in [9.17, 15) is 0 Å². The predicted molar refractivity (Wildman–Crippen MR) is 137 cm³/mol. The molecule has 0 fully saturated rings. The van der Waals surface area contributed by atoms with Crippen molar-refractivity contribution in [2.45, 2.75) is 12.8 Å². The first kappa shape index (κ1) is 17.7. The fourth-order valence-corrected chi connectivity index (χ4v) is 5.70. The summed E-state index contributed by atoms with van der Waals surface area (Å²) >= 11 is 0. The second kappa shape index (κ2) is 6.80. The maximum Gasteiger partial charge on any atom is -0.00132 e. The highest BCUT2D eigenvalue weighted by Crippen LogP contribution is 2.45. The van der Waals surface area contributed by atoms with Crippen LogP contribution >= 0.6 is 0 Å². The van der Waals surface area contributed by atoms with Crippen LogP contribution in [-0.4, -0.2) is 0 Å². The molecule has 2 aliphatic carbocycles. The summed E-state index contributed by atoms with van der Waals surface area (Å²) in [7, 11) is 0. The monoisotopic (exact) mass is 406 g/mol. The molecule has 32 heavy (non-hydrogen) atoms. The maximum atomic E-state index is 2.40.